The third-order valence-corrected chi connectivity index (χ3v) is 4.88. The number of hydrogen-bond donors (Lipinski definition) is 1. The average molecular weight is 366 g/mol. The van der Waals surface area contributed by atoms with Crippen molar-refractivity contribution in [2.75, 3.05) is 0 Å². The summed E-state index contributed by atoms with van der Waals surface area (Å²) in [5.41, 5.74) is 7.62. The van der Waals surface area contributed by atoms with Crippen molar-refractivity contribution < 1.29 is 4.79 Å². The molecule has 0 bridgehead atoms. The van der Waals surface area contributed by atoms with Gasteiger partial charge in [0.1, 0.15) is 11.5 Å². The van der Waals surface area contributed by atoms with E-state index < -0.39 is 5.91 Å². The van der Waals surface area contributed by atoms with Crippen molar-refractivity contribution in [2.24, 2.45) is 5.73 Å². The van der Waals surface area contributed by atoms with E-state index in [4.69, 9.17) is 28.9 Å². The maximum absolute atomic E-state index is 12.0. The first-order chi connectivity index (χ1) is 11.4. The van der Waals surface area contributed by atoms with E-state index in [0.29, 0.717) is 32.7 Å². The van der Waals surface area contributed by atoms with E-state index in [0.717, 1.165) is 19.3 Å². The van der Waals surface area contributed by atoms with Crippen LogP contribution in [0.3, 0.4) is 0 Å². The Morgan fingerprint density at radius 1 is 1.25 bits per heavy atom. The topological polar surface area (TPSA) is 68.9 Å². The van der Waals surface area contributed by atoms with Gasteiger partial charge in [-0.3, -0.25) is 4.79 Å². The van der Waals surface area contributed by atoms with Crippen molar-refractivity contribution in [1.82, 2.24) is 9.97 Å². The van der Waals surface area contributed by atoms with Gasteiger partial charge in [0.25, 0.3) is 5.91 Å². The van der Waals surface area contributed by atoms with Gasteiger partial charge in [0.15, 0.2) is 0 Å². The van der Waals surface area contributed by atoms with Crippen LogP contribution in [0, 0.1) is 6.92 Å². The minimum atomic E-state index is -0.598. The molecule has 0 spiro atoms. The fraction of sp³-hybridized carbons (Fsp3) is 0.389. The zero-order valence-corrected chi connectivity index (χ0v) is 15.6. The average Bonchev–Trinajstić information content (AvgIpc) is 2.54. The van der Waals surface area contributed by atoms with Crippen molar-refractivity contribution in [1.29, 1.82) is 0 Å². The summed E-state index contributed by atoms with van der Waals surface area (Å²) in [6.45, 7) is 6.04. The molecule has 1 atom stereocenters. The van der Waals surface area contributed by atoms with E-state index in [9.17, 15) is 4.79 Å². The maximum Gasteiger partial charge on any atom is 0.268 e. The molecular weight excluding hydrogens is 345 g/mol. The van der Waals surface area contributed by atoms with Gasteiger partial charge in [-0.05, 0) is 25.8 Å². The summed E-state index contributed by atoms with van der Waals surface area (Å²) in [6.07, 6.45) is 2.89. The number of hydrogen-bond acceptors (Lipinski definition) is 3. The van der Waals surface area contributed by atoms with Crippen molar-refractivity contribution in [3.05, 3.63) is 45.5 Å². The monoisotopic (exact) mass is 365 g/mol. The van der Waals surface area contributed by atoms with E-state index in [2.05, 4.69) is 23.8 Å². The molecule has 128 valence electrons. The molecule has 6 heteroatoms. The van der Waals surface area contributed by atoms with Gasteiger partial charge in [-0.15, -0.1) is 0 Å². The lowest BCUT2D eigenvalue weighted by molar-refractivity contribution is 0.0995. The molecule has 0 radical (unpaired) electrons. The third-order valence-electron chi connectivity index (χ3n) is 4.06. The molecule has 2 N–H and O–H groups in total. The first-order valence-corrected chi connectivity index (χ1v) is 8.78. The van der Waals surface area contributed by atoms with E-state index in [1.165, 1.54) is 0 Å². The molecule has 1 unspecified atom stereocenters. The molecule has 1 aromatic heterocycles. The zero-order chi connectivity index (χ0) is 17.9. The van der Waals surface area contributed by atoms with Crippen molar-refractivity contribution in [2.45, 2.75) is 46.0 Å². The number of aryl methyl sites for hydroxylation is 1. The second-order valence-electron chi connectivity index (χ2n) is 5.75. The first-order valence-electron chi connectivity index (χ1n) is 8.03. The SMILES string of the molecule is CCCC(CC)c1nc(C)c(-c2cccc(Cl)c2Cl)c(C(N)=O)n1. The summed E-state index contributed by atoms with van der Waals surface area (Å²) in [6, 6.07) is 5.25. The predicted octanol–water partition coefficient (Wildman–Crippen LogP) is 5.15. The van der Waals surface area contributed by atoms with Gasteiger partial charge >= 0.3 is 0 Å². The number of carbonyl (C=O) groups excluding carboxylic acids is 1. The molecule has 0 aliphatic carbocycles. The van der Waals surface area contributed by atoms with Crippen LogP contribution in [0.4, 0.5) is 0 Å². The molecule has 0 aliphatic heterocycles. The smallest absolute Gasteiger partial charge is 0.268 e. The van der Waals surface area contributed by atoms with Gasteiger partial charge in [0.2, 0.25) is 0 Å². The van der Waals surface area contributed by atoms with Crippen LogP contribution < -0.4 is 5.73 Å². The molecular formula is C18H21Cl2N3O. The summed E-state index contributed by atoms with van der Waals surface area (Å²) in [7, 11) is 0. The molecule has 2 rings (SSSR count). The molecule has 1 heterocycles. The van der Waals surface area contributed by atoms with Gasteiger partial charge in [0.05, 0.1) is 10.0 Å². The second kappa shape index (κ2) is 7.95. The number of nitrogens with two attached hydrogens (primary N) is 1. The molecule has 0 fully saturated rings. The predicted molar refractivity (Wildman–Crippen MR) is 98.7 cm³/mol. The largest absolute Gasteiger partial charge is 0.364 e. The summed E-state index contributed by atoms with van der Waals surface area (Å²) in [5.74, 6) is 0.266. The van der Waals surface area contributed by atoms with Gasteiger partial charge in [0, 0.05) is 22.7 Å². The Hall–Kier alpha value is -1.65. The molecule has 2 aromatic rings. The van der Waals surface area contributed by atoms with Crippen molar-refractivity contribution in [3.8, 4) is 11.1 Å². The summed E-state index contributed by atoms with van der Waals surface area (Å²) in [4.78, 5) is 21.1. The number of benzene rings is 1. The lowest BCUT2D eigenvalue weighted by Crippen LogP contribution is -2.19. The van der Waals surface area contributed by atoms with Crippen LogP contribution in [0.25, 0.3) is 11.1 Å². The van der Waals surface area contributed by atoms with Crippen LogP contribution in [0.1, 0.15) is 61.0 Å². The molecule has 4 nitrogen and oxygen atoms in total. The van der Waals surface area contributed by atoms with Gasteiger partial charge in [-0.25, -0.2) is 9.97 Å². The number of primary amides is 1. The highest BCUT2D eigenvalue weighted by molar-refractivity contribution is 6.43. The second-order valence-corrected chi connectivity index (χ2v) is 6.54. The Morgan fingerprint density at radius 3 is 2.54 bits per heavy atom. The molecule has 0 saturated carbocycles. The lowest BCUT2D eigenvalue weighted by atomic mass is 9.97. The summed E-state index contributed by atoms with van der Waals surface area (Å²) >= 11 is 12.4. The molecule has 0 aliphatic rings. The number of halogens is 2. The minimum absolute atomic E-state index is 0.191. The number of carbonyl (C=O) groups is 1. The van der Waals surface area contributed by atoms with E-state index in [1.54, 1.807) is 18.2 Å². The molecule has 1 aromatic carbocycles. The fourth-order valence-corrected chi connectivity index (χ4v) is 3.23. The Labute approximate surface area is 152 Å². The molecule has 24 heavy (non-hydrogen) atoms. The van der Waals surface area contributed by atoms with Crippen molar-refractivity contribution in [3.63, 3.8) is 0 Å². The minimum Gasteiger partial charge on any atom is -0.364 e. The number of rotatable bonds is 6. The summed E-state index contributed by atoms with van der Waals surface area (Å²) < 4.78 is 0. The third kappa shape index (κ3) is 3.70. The standard InChI is InChI=1S/C18H21Cl2N3O/c1-4-7-11(5-2)18-22-10(3)14(16(23-18)17(21)24)12-8-6-9-13(19)15(12)20/h6,8-9,11H,4-5,7H2,1-3H3,(H2,21,24). The van der Waals surface area contributed by atoms with E-state index in [-0.39, 0.29) is 11.6 Å². The van der Waals surface area contributed by atoms with Gasteiger partial charge in [-0.2, -0.15) is 0 Å². The number of aromatic nitrogens is 2. The Balaban J connectivity index is 2.69. The van der Waals surface area contributed by atoms with Crippen LogP contribution in [-0.2, 0) is 0 Å². The highest BCUT2D eigenvalue weighted by Gasteiger charge is 2.22. The van der Waals surface area contributed by atoms with E-state index >= 15 is 0 Å². The highest BCUT2D eigenvalue weighted by atomic mass is 35.5. The fourth-order valence-electron chi connectivity index (χ4n) is 2.84. The Bertz CT molecular complexity index is 762. The number of nitrogens with zero attached hydrogens (tertiary/aromatic N) is 2. The Morgan fingerprint density at radius 2 is 1.96 bits per heavy atom. The van der Waals surface area contributed by atoms with Crippen LogP contribution in [0.15, 0.2) is 18.2 Å². The van der Waals surface area contributed by atoms with Crippen molar-refractivity contribution >= 4 is 29.1 Å². The quantitative estimate of drug-likeness (QED) is 0.769. The highest BCUT2D eigenvalue weighted by Crippen LogP contribution is 2.37. The Kier molecular flexibility index (Phi) is 6.19. The number of amides is 1. The van der Waals surface area contributed by atoms with Crippen LogP contribution >= 0.6 is 23.2 Å². The van der Waals surface area contributed by atoms with Crippen LogP contribution in [0.2, 0.25) is 10.0 Å². The zero-order valence-electron chi connectivity index (χ0n) is 14.1. The van der Waals surface area contributed by atoms with Gasteiger partial charge < -0.3 is 5.73 Å². The summed E-state index contributed by atoms with van der Waals surface area (Å²) in [5, 5.41) is 0.771. The normalized spacial score (nSPS) is 12.2. The van der Waals surface area contributed by atoms with Crippen LogP contribution in [0.5, 0.6) is 0 Å². The van der Waals surface area contributed by atoms with E-state index in [1.807, 2.05) is 6.92 Å². The maximum atomic E-state index is 12.0. The first kappa shape index (κ1) is 18.7. The molecule has 0 saturated heterocycles. The van der Waals surface area contributed by atoms with Gasteiger partial charge in [-0.1, -0.05) is 55.6 Å². The lowest BCUT2D eigenvalue weighted by Gasteiger charge is -2.17. The van der Waals surface area contributed by atoms with Crippen LogP contribution in [-0.4, -0.2) is 15.9 Å². The molecule has 1 amide bonds.